The standard InChI is InChI=1S/C23H18F4N4O4/c24-18-6-3-16(13-19(18)31(33)34)22(32)30-11-9-15(10-12-30)14-1-4-17(5-2-14)35-21-8-7-20(28-29-21)23(25,26)27/h1-8,13,15H,9-12H2. The third-order valence-corrected chi connectivity index (χ3v) is 5.68. The lowest BCUT2D eigenvalue weighted by Gasteiger charge is -2.32. The third-order valence-electron chi connectivity index (χ3n) is 5.68. The highest BCUT2D eigenvalue weighted by Gasteiger charge is 2.33. The van der Waals surface area contributed by atoms with Crippen molar-refractivity contribution in [2.45, 2.75) is 24.9 Å². The SMILES string of the molecule is O=C(c1ccc(F)c([N+](=O)[O-])c1)N1CCC(c2ccc(Oc3ccc(C(F)(F)F)nn3)cc2)CC1. The molecule has 0 radical (unpaired) electrons. The van der Waals surface area contributed by atoms with Crippen molar-refractivity contribution < 1.29 is 32.0 Å². The molecule has 0 unspecified atom stereocenters. The van der Waals surface area contributed by atoms with E-state index in [-0.39, 0.29) is 17.4 Å². The Kier molecular flexibility index (Phi) is 6.63. The first-order valence-corrected chi connectivity index (χ1v) is 10.5. The number of likely N-dealkylation sites (tertiary alicyclic amines) is 1. The number of nitro benzene ring substituents is 1. The number of ether oxygens (including phenoxy) is 1. The number of aromatic nitrogens is 2. The zero-order chi connectivity index (χ0) is 25.2. The van der Waals surface area contributed by atoms with Crippen LogP contribution in [-0.4, -0.2) is 39.0 Å². The van der Waals surface area contributed by atoms with Gasteiger partial charge in [-0.3, -0.25) is 14.9 Å². The zero-order valence-electron chi connectivity index (χ0n) is 18.0. The molecule has 0 N–H and O–H groups in total. The minimum Gasteiger partial charge on any atom is -0.438 e. The normalized spacial score (nSPS) is 14.6. The molecule has 35 heavy (non-hydrogen) atoms. The monoisotopic (exact) mass is 490 g/mol. The van der Waals surface area contributed by atoms with Crippen LogP contribution in [0.3, 0.4) is 0 Å². The summed E-state index contributed by atoms with van der Waals surface area (Å²) in [7, 11) is 0. The average molecular weight is 490 g/mol. The number of benzene rings is 2. The maximum Gasteiger partial charge on any atom is 0.435 e. The number of nitro groups is 1. The summed E-state index contributed by atoms with van der Waals surface area (Å²) in [6.45, 7) is 0.849. The number of halogens is 4. The second-order valence-electron chi connectivity index (χ2n) is 7.92. The Hall–Kier alpha value is -4.09. The molecule has 2 aromatic carbocycles. The molecule has 0 atom stereocenters. The van der Waals surface area contributed by atoms with Crippen molar-refractivity contribution in [3.63, 3.8) is 0 Å². The molecule has 0 bridgehead atoms. The number of carbonyl (C=O) groups excluding carboxylic acids is 1. The van der Waals surface area contributed by atoms with Gasteiger partial charge in [0, 0.05) is 30.8 Å². The number of amides is 1. The van der Waals surface area contributed by atoms with Gasteiger partial charge in [0.05, 0.1) is 4.92 Å². The van der Waals surface area contributed by atoms with E-state index in [0.29, 0.717) is 31.7 Å². The van der Waals surface area contributed by atoms with Crippen LogP contribution in [0.25, 0.3) is 0 Å². The van der Waals surface area contributed by atoms with Crippen LogP contribution in [0, 0.1) is 15.9 Å². The quantitative estimate of drug-likeness (QED) is 0.272. The number of hydrogen-bond donors (Lipinski definition) is 0. The molecular formula is C23H18F4N4O4. The summed E-state index contributed by atoms with van der Waals surface area (Å²) in [6, 6.07) is 12.0. The van der Waals surface area contributed by atoms with Crippen LogP contribution < -0.4 is 4.74 Å². The van der Waals surface area contributed by atoms with Crippen molar-refractivity contribution in [3.05, 3.63) is 87.3 Å². The Morgan fingerprint density at radius 3 is 2.29 bits per heavy atom. The predicted octanol–water partition coefficient (Wildman–Crippen LogP) is 5.35. The number of rotatable bonds is 5. The Morgan fingerprint density at radius 2 is 1.71 bits per heavy atom. The summed E-state index contributed by atoms with van der Waals surface area (Å²) in [4.78, 5) is 24.4. The van der Waals surface area contributed by atoms with Crippen molar-refractivity contribution in [1.29, 1.82) is 0 Å². The van der Waals surface area contributed by atoms with Crippen molar-refractivity contribution in [2.75, 3.05) is 13.1 Å². The summed E-state index contributed by atoms with van der Waals surface area (Å²) in [5, 5.41) is 17.5. The fraction of sp³-hybridized carbons (Fsp3) is 0.261. The first-order chi connectivity index (χ1) is 16.6. The molecule has 182 valence electrons. The van der Waals surface area contributed by atoms with Gasteiger partial charge in [-0.25, -0.2) is 0 Å². The summed E-state index contributed by atoms with van der Waals surface area (Å²) in [6.07, 6.45) is -3.27. The van der Waals surface area contributed by atoms with Crippen molar-refractivity contribution in [2.24, 2.45) is 0 Å². The van der Waals surface area contributed by atoms with Gasteiger partial charge < -0.3 is 9.64 Å². The molecule has 3 aromatic rings. The molecule has 1 amide bonds. The van der Waals surface area contributed by atoms with Gasteiger partial charge in [0.15, 0.2) is 5.69 Å². The lowest BCUT2D eigenvalue weighted by atomic mass is 9.89. The molecule has 1 aliphatic heterocycles. The summed E-state index contributed by atoms with van der Waals surface area (Å²) >= 11 is 0. The number of piperidine rings is 1. The Bertz CT molecular complexity index is 1230. The van der Waals surface area contributed by atoms with E-state index in [4.69, 9.17) is 4.74 Å². The highest BCUT2D eigenvalue weighted by Crippen LogP contribution is 2.32. The molecule has 1 aliphatic rings. The Balaban J connectivity index is 1.34. The topological polar surface area (TPSA) is 98.5 Å². The number of nitrogens with zero attached hydrogens (tertiary/aromatic N) is 4. The third kappa shape index (κ3) is 5.53. The van der Waals surface area contributed by atoms with Crippen LogP contribution >= 0.6 is 0 Å². The van der Waals surface area contributed by atoms with E-state index >= 15 is 0 Å². The van der Waals surface area contributed by atoms with Crippen LogP contribution in [0.2, 0.25) is 0 Å². The fourth-order valence-electron chi connectivity index (χ4n) is 3.84. The molecule has 4 rings (SSSR count). The van der Waals surface area contributed by atoms with Crippen LogP contribution in [0.5, 0.6) is 11.6 Å². The van der Waals surface area contributed by atoms with Crippen LogP contribution in [-0.2, 0) is 6.18 Å². The predicted molar refractivity (Wildman–Crippen MR) is 114 cm³/mol. The summed E-state index contributed by atoms with van der Waals surface area (Å²) < 4.78 is 56.7. The minimum absolute atomic E-state index is 0.0596. The molecule has 2 heterocycles. The number of hydrogen-bond acceptors (Lipinski definition) is 6. The second-order valence-corrected chi connectivity index (χ2v) is 7.92. The molecule has 0 spiro atoms. The second kappa shape index (κ2) is 9.65. The van der Waals surface area contributed by atoms with Gasteiger partial charge in [0.25, 0.3) is 5.91 Å². The minimum atomic E-state index is -4.58. The lowest BCUT2D eigenvalue weighted by Crippen LogP contribution is -2.37. The van der Waals surface area contributed by atoms with E-state index < -0.39 is 34.2 Å². The average Bonchev–Trinajstić information content (AvgIpc) is 2.84. The molecule has 1 fully saturated rings. The largest absolute Gasteiger partial charge is 0.438 e. The molecule has 0 saturated carbocycles. The van der Waals surface area contributed by atoms with E-state index in [0.717, 1.165) is 29.8 Å². The molecule has 1 aromatic heterocycles. The van der Waals surface area contributed by atoms with Gasteiger partial charge >= 0.3 is 11.9 Å². The van der Waals surface area contributed by atoms with E-state index in [1.54, 1.807) is 17.0 Å². The maximum atomic E-state index is 13.6. The number of alkyl halides is 3. The zero-order valence-corrected chi connectivity index (χ0v) is 18.0. The highest BCUT2D eigenvalue weighted by atomic mass is 19.4. The van der Waals surface area contributed by atoms with E-state index in [2.05, 4.69) is 10.2 Å². The van der Waals surface area contributed by atoms with Gasteiger partial charge in [-0.2, -0.15) is 17.6 Å². The van der Waals surface area contributed by atoms with Gasteiger partial charge in [0.1, 0.15) is 5.75 Å². The molecule has 0 aliphatic carbocycles. The van der Waals surface area contributed by atoms with Crippen LogP contribution in [0.4, 0.5) is 23.2 Å². The number of carbonyl (C=O) groups is 1. The van der Waals surface area contributed by atoms with Crippen LogP contribution in [0.1, 0.15) is 40.4 Å². The summed E-state index contributed by atoms with van der Waals surface area (Å²) in [5.74, 6) is -0.926. The van der Waals surface area contributed by atoms with Gasteiger partial charge in [-0.05, 0) is 54.7 Å². The van der Waals surface area contributed by atoms with Crippen LogP contribution in [0.15, 0.2) is 54.6 Å². The molecule has 1 saturated heterocycles. The maximum absolute atomic E-state index is 13.6. The lowest BCUT2D eigenvalue weighted by molar-refractivity contribution is -0.387. The van der Waals surface area contributed by atoms with E-state index in [9.17, 15) is 32.5 Å². The molecule has 12 heteroatoms. The first kappa shape index (κ1) is 24.0. The van der Waals surface area contributed by atoms with E-state index in [1.165, 1.54) is 6.07 Å². The van der Waals surface area contributed by atoms with Crippen molar-refractivity contribution in [1.82, 2.24) is 15.1 Å². The van der Waals surface area contributed by atoms with E-state index in [1.807, 2.05) is 12.1 Å². The Labute approximate surface area is 196 Å². The highest BCUT2D eigenvalue weighted by molar-refractivity contribution is 5.95. The smallest absolute Gasteiger partial charge is 0.435 e. The van der Waals surface area contributed by atoms with Gasteiger partial charge in [-0.1, -0.05) is 12.1 Å². The Morgan fingerprint density at radius 1 is 1.03 bits per heavy atom. The van der Waals surface area contributed by atoms with Crippen molar-refractivity contribution in [3.8, 4) is 11.6 Å². The molecule has 8 nitrogen and oxygen atoms in total. The fourth-order valence-corrected chi connectivity index (χ4v) is 3.84. The summed E-state index contributed by atoms with van der Waals surface area (Å²) in [5.41, 5.74) is -0.789. The van der Waals surface area contributed by atoms with Gasteiger partial charge in [0.2, 0.25) is 11.7 Å². The molecular weight excluding hydrogens is 472 g/mol. The first-order valence-electron chi connectivity index (χ1n) is 10.5. The van der Waals surface area contributed by atoms with Crippen molar-refractivity contribution >= 4 is 11.6 Å². The van der Waals surface area contributed by atoms with Gasteiger partial charge in [-0.15, -0.1) is 10.2 Å².